The number of benzene rings is 1. The van der Waals surface area contributed by atoms with Crippen LogP contribution in [0.4, 0.5) is 0 Å². The van der Waals surface area contributed by atoms with Crippen molar-refractivity contribution in [2.75, 3.05) is 0 Å². The summed E-state index contributed by atoms with van der Waals surface area (Å²) in [6.45, 7) is 6.60. The van der Waals surface area contributed by atoms with Crippen LogP contribution in [-0.2, 0) is 4.79 Å². The van der Waals surface area contributed by atoms with Gasteiger partial charge in [-0.2, -0.15) is 0 Å². The molecule has 0 unspecified atom stereocenters. The van der Waals surface area contributed by atoms with Gasteiger partial charge in [-0.15, -0.1) is 0 Å². The molecule has 1 aromatic rings. The Hall–Kier alpha value is -1.31. The fourth-order valence-corrected chi connectivity index (χ4v) is 1.15. The van der Waals surface area contributed by atoms with Crippen molar-refractivity contribution in [1.82, 2.24) is 0 Å². The second-order valence-electron chi connectivity index (χ2n) is 3.39. The van der Waals surface area contributed by atoms with Crippen LogP contribution in [0.3, 0.4) is 0 Å². The normalized spacial score (nSPS) is 10.2. The van der Waals surface area contributed by atoms with E-state index in [4.69, 9.17) is 4.74 Å². The summed E-state index contributed by atoms with van der Waals surface area (Å²) in [5.74, 6) is 1.11. The smallest absolute Gasteiger partial charge is 0.298 e. The average molecular weight is 178 g/mol. The summed E-state index contributed by atoms with van der Waals surface area (Å²) in [6, 6.07) is 5.93. The Morgan fingerprint density at radius 1 is 1.38 bits per heavy atom. The van der Waals surface area contributed by atoms with Gasteiger partial charge in [0.25, 0.3) is 6.47 Å². The Labute approximate surface area is 78.5 Å². The SMILES string of the molecule is Cc1ccc(C(C)C)cc1OC=O. The number of carbonyl (C=O) groups excluding carboxylic acids is 1. The molecule has 0 heterocycles. The summed E-state index contributed by atoms with van der Waals surface area (Å²) in [5.41, 5.74) is 2.17. The quantitative estimate of drug-likeness (QED) is 0.665. The Bertz CT molecular complexity index is 303. The first-order valence-corrected chi connectivity index (χ1v) is 4.36. The largest absolute Gasteiger partial charge is 0.428 e. The van der Waals surface area contributed by atoms with Gasteiger partial charge >= 0.3 is 0 Å². The van der Waals surface area contributed by atoms with Crippen molar-refractivity contribution >= 4 is 6.47 Å². The maximum Gasteiger partial charge on any atom is 0.298 e. The van der Waals surface area contributed by atoms with Crippen LogP contribution in [0.2, 0.25) is 0 Å². The minimum absolute atomic E-state index is 0.453. The molecule has 0 aromatic heterocycles. The molecule has 2 nitrogen and oxygen atoms in total. The number of hydrogen-bond donors (Lipinski definition) is 0. The van der Waals surface area contributed by atoms with E-state index in [-0.39, 0.29) is 0 Å². The van der Waals surface area contributed by atoms with E-state index in [2.05, 4.69) is 19.9 Å². The number of aryl methyl sites for hydroxylation is 1. The molecule has 1 rings (SSSR count). The predicted octanol–water partition coefficient (Wildman–Crippen LogP) is 2.65. The zero-order valence-corrected chi connectivity index (χ0v) is 8.20. The van der Waals surface area contributed by atoms with E-state index >= 15 is 0 Å². The fourth-order valence-electron chi connectivity index (χ4n) is 1.15. The lowest BCUT2D eigenvalue weighted by atomic mass is 10.0. The Balaban J connectivity index is 3.03. The summed E-state index contributed by atoms with van der Waals surface area (Å²) < 4.78 is 4.85. The van der Waals surface area contributed by atoms with E-state index in [1.54, 1.807) is 0 Å². The molecule has 0 N–H and O–H groups in total. The van der Waals surface area contributed by atoms with Crippen LogP contribution in [-0.4, -0.2) is 6.47 Å². The van der Waals surface area contributed by atoms with E-state index in [0.717, 1.165) is 5.56 Å². The number of ether oxygens (including phenoxy) is 1. The zero-order valence-electron chi connectivity index (χ0n) is 8.20. The Kier molecular flexibility index (Phi) is 3.07. The highest BCUT2D eigenvalue weighted by atomic mass is 16.5. The van der Waals surface area contributed by atoms with Gasteiger partial charge in [0.15, 0.2) is 0 Å². The zero-order chi connectivity index (χ0) is 9.84. The van der Waals surface area contributed by atoms with Gasteiger partial charge in [0.2, 0.25) is 0 Å². The van der Waals surface area contributed by atoms with Crippen molar-refractivity contribution in [1.29, 1.82) is 0 Å². The van der Waals surface area contributed by atoms with Crippen molar-refractivity contribution in [2.24, 2.45) is 0 Å². The molecule has 0 radical (unpaired) electrons. The second kappa shape index (κ2) is 4.08. The molecule has 0 saturated heterocycles. The minimum Gasteiger partial charge on any atom is -0.428 e. The highest BCUT2D eigenvalue weighted by Crippen LogP contribution is 2.23. The molecule has 0 bridgehead atoms. The lowest BCUT2D eigenvalue weighted by Gasteiger charge is -2.08. The minimum atomic E-state index is 0.453. The predicted molar refractivity (Wildman–Crippen MR) is 52.0 cm³/mol. The number of carbonyl (C=O) groups is 1. The summed E-state index contributed by atoms with van der Waals surface area (Å²) in [4.78, 5) is 10.2. The van der Waals surface area contributed by atoms with Crippen molar-refractivity contribution in [2.45, 2.75) is 26.7 Å². The van der Waals surface area contributed by atoms with Crippen molar-refractivity contribution in [3.8, 4) is 5.75 Å². The molecular formula is C11H14O2. The maximum absolute atomic E-state index is 10.2. The topological polar surface area (TPSA) is 26.3 Å². The first-order chi connectivity index (χ1) is 6.15. The van der Waals surface area contributed by atoms with E-state index in [0.29, 0.717) is 18.1 Å². The number of hydrogen-bond acceptors (Lipinski definition) is 2. The van der Waals surface area contributed by atoms with E-state index in [9.17, 15) is 4.79 Å². The lowest BCUT2D eigenvalue weighted by Crippen LogP contribution is -1.94. The molecule has 1 aromatic carbocycles. The second-order valence-corrected chi connectivity index (χ2v) is 3.39. The summed E-state index contributed by atoms with van der Waals surface area (Å²) in [5, 5.41) is 0. The van der Waals surface area contributed by atoms with Gasteiger partial charge in [0.05, 0.1) is 0 Å². The molecule has 13 heavy (non-hydrogen) atoms. The van der Waals surface area contributed by atoms with Crippen LogP contribution in [0.1, 0.15) is 30.9 Å². The molecular weight excluding hydrogens is 164 g/mol. The Morgan fingerprint density at radius 3 is 2.62 bits per heavy atom. The van der Waals surface area contributed by atoms with Gasteiger partial charge in [0.1, 0.15) is 5.75 Å². The van der Waals surface area contributed by atoms with E-state index < -0.39 is 0 Å². The first-order valence-electron chi connectivity index (χ1n) is 4.36. The fraction of sp³-hybridized carbons (Fsp3) is 0.364. The molecule has 0 saturated carbocycles. The molecule has 0 amide bonds. The molecule has 2 heteroatoms. The highest BCUT2D eigenvalue weighted by Gasteiger charge is 2.03. The third kappa shape index (κ3) is 2.31. The molecule has 0 aliphatic rings. The van der Waals surface area contributed by atoms with Crippen molar-refractivity contribution < 1.29 is 9.53 Å². The van der Waals surface area contributed by atoms with Gasteiger partial charge < -0.3 is 4.74 Å². The molecule has 0 aliphatic heterocycles. The van der Waals surface area contributed by atoms with Crippen LogP contribution < -0.4 is 4.74 Å². The van der Waals surface area contributed by atoms with Crippen molar-refractivity contribution in [3.05, 3.63) is 29.3 Å². The highest BCUT2D eigenvalue weighted by molar-refractivity contribution is 5.49. The van der Waals surface area contributed by atoms with E-state index in [1.165, 1.54) is 5.56 Å². The van der Waals surface area contributed by atoms with E-state index in [1.807, 2.05) is 19.1 Å². The maximum atomic E-state index is 10.2. The Morgan fingerprint density at radius 2 is 2.08 bits per heavy atom. The average Bonchev–Trinajstić information content (AvgIpc) is 2.08. The third-order valence-corrected chi connectivity index (χ3v) is 2.05. The standard InChI is InChI=1S/C11H14O2/c1-8(2)10-5-4-9(3)11(6-10)13-7-12/h4-8H,1-3H3. The van der Waals surface area contributed by atoms with Gasteiger partial charge in [0, 0.05) is 0 Å². The molecule has 0 aliphatic carbocycles. The van der Waals surface area contributed by atoms with Gasteiger partial charge in [-0.1, -0.05) is 26.0 Å². The van der Waals surface area contributed by atoms with Gasteiger partial charge in [-0.25, -0.2) is 0 Å². The van der Waals surface area contributed by atoms with Gasteiger partial charge in [-0.05, 0) is 30.0 Å². The summed E-state index contributed by atoms with van der Waals surface area (Å²) in [7, 11) is 0. The van der Waals surface area contributed by atoms with Gasteiger partial charge in [-0.3, -0.25) is 4.79 Å². The van der Waals surface area contributed by atoms with Crippen molar-refractivity contribution in [3.63, 3.8) is 0 Å². The summed E-state index contributed by atoms with van der Waals surface area (Å²) in [6.07, 6.45) is 0. The molecule has 70 valence electrons. The van der Waals surface area contributed by atoms with Crippen LogP contribution >= 0.6 is 0 Å². The third-order valence-electron chi connectivity index (χ3n) is 2.05. The summed E-state index contributed by atoms with van der Waals surface area (Å²) >= 11 is 0. The molecule has 0 spiro atoms. The van der Waals surface area contributed by atoms with Crippen LogP contribution in [0.25, 0.3) is 0 Å². The molecule has 0 atom stereocenters. The molecule has 0 fully saturated rings. The first kappa shape index (κ1) is 9.78. The van der Waals surface area contributed by atoms with Crippen LogP contribution in [0.5, 0.6) is 5.75 Å². The number of rotatable bonds is 3. The monoisotopic (exact) mass is 178 g/mol. The van der Waals surface area contributed by atoms with Crippen LogP contribution in [0, 0.1) is 6.92 Å². The van der Waals surface area contributed by atoms with Crippen LogP contribution in [0.15, 0.2) is 18.2 Å². The lowest BCUT2D eigenvalue weighted by molar-refractivity contribution is -0.120.